The topological polar surface area (TPSA) is 27.7 Å². The average Bonchev–Trinajstić information content (AvgIpc) is 2.55. The molecule has 6 atom stereocenters. The van der Waals surface area contributed by atoms with E-state index in [9.17, 15) is 0 Å². The van der Waals surface area contributed by atoms with Crippen LogP contribution in [0.4, 0.5) is 0 Å². The number of hydrogen-bond donors (Lipinski definition) is 0. The van der Waals surface area contributed by atoms with Gasteiger partial charge in [-0.25, -0.2) is 0 Å². The minimum absolute atomic E-state index is 0.188. The molecule has 2 bridgehead atoms. The molecule has 2 saturated heterocycles. The lowest BCUT2D eigenvalue weighted by atomic mass is 9.59. The van der Waals surface area contributed by atoms with Crippen LogP contribution in [0.1, 0.15) is 46.5 Å². The summed E-state index contributed by atoms with van der Waals surface area (Å²) in [6.07, 6.45) is 6.43. The molecule has 0 aromatic heterocycles. The largest absolute Gasteiger partial charge is 0.469 e. The predicted molar refractivity (Wildman–Crippen MR) is 66.5 cm³/mol. The van der Waals surface area contributed by atoms with Gasteiger partial charge in [0.2, 0.25) is 6.29 Å². The Bertz CT molecular complexity index is 418. The van der Waals surface area contributed by atoms with Crippen LogP contribution in [-0.2, 0) is 14.2 Å². The lowest BCUT2D eigenvalue weighted by Crippen LogP contribution is -2.61. The van der Waals surface area contributed by atoms with E-state index in [0.29, 0.717) is 17.8 Å². The summed E-state index contributed by atoms with van der Waals surface area (Å²) in [5.74, 6) is 1.36. The number of fused-ring (bicyclic) bond motifs is 1. The van der Waals surface area contributed by atoms with Crippen LogP contribution in [0.3, 0.4) is 0 Å². The summed E-state index contributed by atoms with van der Waals surface area (Å²) >= 11 is 0. The second-order valence-electron chi connectivity index (χ2n) is 6.79. The van der Waals surface area contributed by atoms with Crippen molar-refractivity contribution in [1.82, 2.24) is 0 Å². The van der Waals surface area contributed by atoms with Gasteiger partial charge in [0.1, 0.15) is 5.60 Å². The van der Waals surface area contributed by atoms with Gasteiger partial charge in [-0.3, -0.25) is 0 Å². The Kier molecular flexibility index (Phi) is 2.08. The van der Waals surface area contributed by atoms with Crippen molar-refractivity contribution in [3.8, 4) is 0 Å². The van der Waals surface area contributed by atoms with Crippen LogP contribution in [0.5, 0.6) is 0 Å². The highest BCUT2D eigenvalue weighted by Gasteiger charge is 2.69. The summed E-state index contributed by atoms with van der Waals surface area (Å²) < 4.78 is 18.5. The molecule has 3 fully saturated rings. The van der Waals surface area contributed by atoms with E-state index in [1.165, 1.54) is 24.8 Å². The Labute approximate surface area is 108 Å². The molecule has 3 heterocycles. The van der Waals surface area contributed by atoms with E-state index in [2.05, 4.69) is 20.8 Å². The molecule has 18 heavy (non-hydrogen) atoms. The summed E-state index contributed by atoms with van der Waals surface area (Å²) in [6.45, 7) is 6.62. The first kappa shape index (κ1) is 11.3. The summed E-state index contributed by atoms with van der Waals surface area (Å²) in [5, 5.41) is 0. The second-order valence-corrected chi connectivity index (χ2v) is 6.79. The molecule has 0 unspecified atom stereocenters. The minimum Gasteiger partial charge on any atom is -0.469 e. The van der Waals surface area contributed by atoms with Crippen molar-refractivity contribution >= 4 is 0 Å². The smallest absolute Gasteiger partial charge is 0.231 e. The first-order valence-corrected chi connectivity index (χ1v) is 7.25. The summed E-state index contributed by atoms with van der Waals surface area (Å²) in [6, 6.07) is 0. The molecule has 3 heteroatoms. The van der Waals surface area contributed by atoms with Crippen molar-refractivity contribution in [3.63, 3.8) is 0 Å². The van der Waals surface area contributed by atoms with Gasteiger partial charge >= 0.3 is 0 Å². The third kappa shape index (κ3) is 1.17. The van der Waals surface area contributed by atoms with E-state index in [1.807, 2.05) is 6.26 Å². The van der Waals surface area contributed by atoms with Gasteiger partial charge < -0.3 is 14.2 Å². The number of hydrogen-bond acceptors (Lipinski definition) is 3. The zero-order valence-corrected chi connectivity index (χ0v) is 11.4. The van der Waals surface area contributed by atoms with E-state index >= 15 is 0 Å². The van der Waals surface area contributed by atoms with Gasteiger partial charge in [0.05, 0.1) is 6.26 Å². The molecule has 4 rings (SSSR count). The highest BCUT2D eigenvalue weighted by atomic mass is 16.8. The summed E-state index contributed by atoms with van der Waals surface area (Å²) in [7, 11) is 0. The third-order valence-electron chi connectivity index (χ3n) is 5.68. The van der Waals surface area contributed by atoms with Gasteiger partial charge in [-0.1, -0.05) is 6.92 Å². The monoisotopic (exact) mass is 250 g/mol. The molecule has 0 amide bonds. The fourth-order valence-electron chi connectivity index (χ4n) is 4.82. The molecule has 0 aromatic carbocycles. The van der Waals surface area contributed by atoms with E-state index in [4.69, 9.17) is 14.2 Å². The number of ether oxygens (including phenoxy) is 3. The van der Waals surface area contributed by atoms with Crippen molar-refractivity contribution in [2.45, 2.75) is 64.1 Å². The highest BCUT2D eigenvalue weighted by Crippen LogP contribution is 2.62. The molecule has 1 saturated carbocycles. The Morgan fingerprint density at radius 2 is 2.11 bits per heavy atom. The quantitative estimate of drug-likeness (QED) is 0.660. The fraction of sp³-hybridized carbons (Fsp3) is 0.867. The molecular weight excluding hydrogens is 228 g/mol. The van der Waals surface area contributed by atoms with Crippen LogP contribution in [-0.4, -0.2) is 17.7 Å². The maximum Gasteiger partial charge on any atom is 0.231 e. The molecule has 0 N–H and O–H groups in total. The van der Waals surface area contributed by atoms with Gasteiger partial charge in [0.15, 0.2) is 5.79 Å². The van der Waals surface area contributed by atoms with Crippen molar-refractivity contribution in [3.05, 3.63) is 11.8 Å². The Hall–Kier alpha value is -0.540. The lowest BCUT2D eigenvalue weighted by molar-refractivity contribution is -0.242. The molecule has 0 aromatic rings. The fourth-order valence-corrected chi connectivity index (χ4v) is 4.82. The first-order chi connectivity index (χ1) is 8.55. The van der Waals surface area contributed by atoms with Crippen LogP contribution in [0.25, 0.3) is 0 Å². The molecular formula is C15H22O3. The van der Waals surface area contributed by atoms with E-state index in [1.54, 1.807) is 0 Å². The molecule has 3 aliphatic heterocycles. The number of rotatable bonds is 0. The van der Waals surface area contributed by atoms with Crippen molar-refractivity contribution in [1.29, 1.82) is 0 Å². The normalized spacial score (nSPS) is 57.6. The van der Waals surface area contributed by atoms with E-state index in [-0.39, 0.29) is 11.9 Å². The van der Waals surface area contributed by atoms with Gasteiger partial charge in [-0.15, -0.1) is 0 Å². The SMILES string of the molecule is CC1=CO[C@@H]2O[C@]3(C)CC[C@H]4[C@H](C)CC[C@@H]1[C@@]24O3. The Balaban J connectivity index is 1.85. The van der Waals surface area contributed by atoms with Crippen LogP contribution in [0.15, 0.2) is 11.8 Å². The Morgan fingerprint density at radius 1 is 1.28 bits per heavy atom. The van der Waals surface area contributed by atoms with Crippen molar-refractivity contribution < 1.29 is 14.2 Å². The molecule has 3 nitrogen and oxygen atoms in total. The van der Waals surface area contributed by atoms with E-state index in [0.717, 1.165) is 6.42 Å². The second kappa shape index (κ2) is 3.31. The van der Waals surface area contributed by atoms with Gasteiger partial charge in [-0.05, 0) is 50.5 Å². The predicted octanol–water partition coefficient (Wildman–Crippen LogP) is 3.20. The van der Waals surface area contributed by atoms with Crippen molar-refractivity contribution in [2.24, 2.45) is 17.8 Å². The summed E-state index contributed by atoms with van der Waals surface area (Å²) in [4.78, 5) is 0. The Morgan fingerprint density at radius 3 is 2.94 bits per heavy atom. The van der Waals surface area contributed by atoms with Crippen LogP contribution >= 0.6 is 0 Å². The van der Waals surface area contributed by atoms with Gasteiger partial charge in [0, 0.05) is 12.3 Å². The maximum atomic E-state index is 6.50. The van der Waals surface area contributed by atoms with Gasteiger partial charge in [-0.2, -0.15) is 0 Å². The van der Waals surface area contributed by atoms with Crippen LogP contribution in [0, 0.1) is 17.8 Å². The molecule has 1 spiro atoms. The first-order valence-electron chi connectivity index (χ1n) is 7.25. The summed E-state index contributed by atoms with van der Waals surface area (Å²) in [5.41, 5.74) is 1.13. The van der Waals surface area contributed by atoms with Crippen LogP contribution < -0.4 is 0 Å². The molecule has 0 radical (unpaired) electrons. The third-order valence-corrected chi connectivity index (χ3v) is 5.68. The molecule has 1 aliphatic carbocycles. The van der Waals surface area contributed by atoms with Crippen molar-refractivity contribution in [2.75, 3.05) is 0 Å². The molecule has 4 aliphatic rings. The lowest BCUT2D eigenvalue weighted by Gasteiger charge is -2.54. The van der Waals surface area contributed by atoms with Crippen LogP contribution in [0.2, 0.25) is 0 Å². The zero-order valence-electron chi connectivity index (χ0n) is 11.4. The highest BCUT2D eigenvalue weighted by molar-refractivity contribution is 5.21. The van der Waals surface area contributed by atoms with E-state index < -0.39 is 5.79 Å². The van der Waals surface area contributed by atoms with Gasteiger partial charge in [0.25, 0.3) is 0 Å². The molecule has 100 valence electrons. The minimum atomic E-state index is -0.422. The average molecular weight is 250 g/mol. The maximum absolute atomic E-state index is 6.50. The standard InChI is InChI=1S/C15H22O3/c1-9-4-5-11-10(2)8-16-13-15(11)12(9)6-7-14(3,17-13)18-15/h8-9,11-13H,4-7H2,1-3H3/t9-,11+,12+,13-,14+,15+/m1/s1. The zero-order chi connectivity index (χ0) is 12.5.